The molecule has 0 unspecified atom stereocenters. The van der Waals surface area contributed by atoms with E-state index in [0.29, 0.717) is 0 Å². The molecule has 0 aliphatic carbocycles. The fourth-order valence-electron chi connectivity index (χ4n) is 2.20. The molecule has 0 spiro atoms. The van der Waals surface area contributed by atoms with Crippen molar-refractivity contribution in [3.63, 3.8) is 0 Å². The van der Waals surface area contributed by atoms with Gasteiger partial charge in [0.05, 0.1) is 0 Å². The molecule has 17 heavy (non-hydrogen) atoms. The quantitative estimate of drug-likeness (QED) is 0.915. The van der Waals surface area contributed by atoms with Gasteiger partial charge in [-0.1, -0.05) is 28.1 Å². The maximum Gasteiger partial charge on any atom is 0.0234 e. The normalized spacial score (nSPS) is 18.5. The van der Waals surface area contributed by atoms with Gasteiger partial charge in [-0.2, -0.15) is 0 Å². The molecule has 1 aromatic carbocycles. The Morgan fingerprint density at radius 3 is 2.18 bits per heavy atom. The van der Waals surface area contributed by atoms with E-state index >= 15 is 0 Å². The Bertz CT molecular complexity index is 331. The van der Waals surface area contributed by atoms with Gasteiger partial charge < -0.3 is 5.73 Å². The van der Waals surface area contributed by atoms with Crippen molar-refractivity contribution in [1.29, 1.82) is 0 Å². The number of benzene rings is 1. The van der Waals surface area contributed by atoms with E-state index in [9.17, 15) is 0 Å². The summed E-state index contributed by atoms with van der Waals surface area (Å²) < 4.78 is 1.15. The SMILES string of the molecule is NCCN1CCN(Cc2ccc(Br)cc2)CC1. The molecule has 0 radical (unpaired) electrons. The highest BCUT2D eigenvalue weighted by Gasteiger charge is 2.15. The number of hydrogen-bond donors (Lipinski definition) is 1. The summed E-state index contributed by atoms with van der Waals surface area (Å²) in [6.45, 7) is 7.45. The number of rotatable bonds is 4. The topological polar surface area (TPSA) is 32.5 Å². The van der Waals surface area contributed by atoms with Gasteiger partial charge in [0.25, 0.3) is 0 Å². The van der Waals surface area contributed by atoms with E-state index in [1.54, 1.807) is 0 Å². The minimum atomic E-state index is 0.771. The molecular weight excluding hydrogens is 278 g/mol. The Hall–Kier alpha value is -0.420. The van der Waals surface area contributed by atoms with Crippen LogP contribution in [0.15, 0.2) is 28.7 Å². The summed E-state index contributed by atoms with van der Waals surface area (Å²) in [4.78, 5) is 4.95. The standard InChI is InChI=1S/C13H20BrN3/c14-13-3-1-12(2-4-13)11-17-9-7-16(6-5-15)8-10-17/h1-4H,5-11,15H2. The highest BCUT2D eigenvalue weighted by Crippen LogP contribution is 2.13. The highest BCUT2D eigenvalue weighted by atomic mass is 79.9. The molecule has 2 N–H and O–H groups in total. The van der Waals surface area contributed by atoms with Crippen LogP contribution in [0.1, 0.15) is 5.56 Å². The van der Waals surface area contributed by atoms with E-state index < -0.39 is 0 Å². The van der Waals surface area contributed by atoms with E-state index in [4.69, 9.17) is 5.73 Å². The summed E-state index contributed by atoms with van der Waals surface area (Å²) >= 11 is 3.46. The van der Waals surface area contributed by atoms with Crippen LogP contribution in [0.4, 0.5) is 0 Å². The smallest absolute Gasteiger partial charge is 0.0234 e. The van der Waals surface area contributed by atoms with Crippen molar-refractivity contribution < 1.29 is 0 Å². The Balaban J connectivity index is 1.79. The van der Waals surface area contributed by atoms with Gasteiger partial charge in [-0.25, -0.2) is 0 Å². The van der Waals surface area contributed by atoms with E-state index in [0.717, 1.165) is 50.3 Å². The van der Waals surface area contributed by atoms with Crippen LogP contribution in [0.25, 0.3) is 0 Å². The van der Waals surface area contributed by atoms with E-state index in [1.807, 2.05) is 0 Å². The molecule has 0 atom stereocenters. The fourth-order valence-corrected chi connectivity index (χ4v) is 2.47. The first-order valence-corrected chi connectivity index (χ1v) is 6.96. The Kier molecular flexibility index (Phi) is 4.98. The van der Waals surface area contributed by atoms with Crippen molar-refractivity contribution in [3.05, 3.63) is 34.3 Å². The van der Waals surface area contributed by atoms with Crippen molar-refractivity contribution in [3.8, 4) is 0 Å². The summed E-state index contributed by atoms with van der Waals surface area (Å²) in [5.41, 5.74) is 6.96. The molecule has 1 aliphatic rings. The first kappa shape index (κ1) is 13.0. The van der Waals surface area contributed by atoms with Crippen LogP contribution >= 0.6 is 15.9 Å². The lowest BCUT2D eigenvalue weighted by Crippen LogP contribution is -2.47. The lowest BCUT2D eigenvalue weighted by Gasteiger charge is -2.34. The molecule has 3 nitrogen and oxygen atoms in total. The average Bonchev–Trinajstić information content (AvgIpc) is 2.35. The average molecular weight is 298 g/mol. The van der Waals surface area contributed by atoms with E-state index in [1.165, 1.54) is 5.56 Å². The third-order valence-electron chi connectivity index (χ3n) is 3.23. The summed E-state index contributed by atoms with van der Waals surface area (Å²) in [7, 11) is 0. The maximum absolute atomic E-state index is 5.57. The molecule has 0 bridgehead atoms. The largest absolute Gasteiger partial charge is 0.329 e. The van der Waals surface area contributed by atoms with Crippen LogP contribution in [0.3, 0.4) is 0 Å². The van der Waals surface area contributed by atoms with Crippen LogP contribution in [0.2, 0.25) is 0 Å². The third-order valence-corrected chi connectivity index (χ3v) is 3.76. The molecule has 0 aromatic heterocycles. The number of hydrogen-bond acceptors (Lipinski definition) is 3. The minimum absolute atomic E-state index is 0.771. The Morgan fingerprint density at radius 2 is 1.59 bits per heavy atom. The van der Waals surface area contributed by atoms with Crippen molar-refractivity contribution >= 4 is 15.9 Å². The van der Waals surface area contributed by atoms with Gasteiger partial charge in [-0.15, -0.1) is 0 Å². The van der Waals surface area contributed by atoms with Gasteiger partial charge in [0.15, 0.2) is 0 Å². The van der Waals surface area contributed by atoms with Crippen molar-refractivity contribution in [2.24, 2.45) is 5.73 Å². The summed E-state index contributed by atoms with van der Waals surface area (Å²) in [5, 5.41) is 0. The molecule has 1 heterocycles. The van der Waals surface area contributed by atoms with Gasteiger partial charge in [0.1, 0.15) is 0 Å². The van der Waals surface area contributed by atoms with Gasteiger partial charge in [0.2, 0.25) is 0 Å². The van der Waals surface area contributed by atoms with Crippen molar-refractivity contribution in [1.82, 2.24) is 9.80 Å². The number of nitrogens with two attached hydrogens (primary N) is 1. The van der Waals surface area contributed by atoms with E-state index in [2.05, 4.69) is 50.0 Å². The van der Waals surface area contributed by atoms with Crippen LogP contribution in [-0.4, -0.2) is 49.1 Å². The monoisotopic (exact) mass is 297 g/mol. The van der Waals surface area contributed by atoms with Gasteiger partial charge in [-0.05, 0) is 17.7 Å². The fraction of sp³-hybridized carbons (Fsp3) is 0.538. The first-order chi connectivity index (χ1) is 8.28. The molecule has 1 aliphatic heterocycles. The number of nitrogens with zero attached hydrogens (tertiary/aromatic N) is 2. The molecule has 4 heteroatoms. The predicted molar refractivity (Wildman–Crippen MR) is 74.9 cm³/mol. The second-order valence-electron chi connectivity index (χ2n) is 4.53. The van der Waals surface area contributed by atoms with Gasteiger partial charge in [0, 0.05) is 50.3 Å². The minimum Gasteiger partial charge on any atom is -0.329 e. The van der Waals surface area contributed by atoms with Crippen LogP contribution in [0.5, 0.6) is 0 Å². The molecule has 1 saturated heterocycles. The molecule has 1 aromatic rings. The van der Waals surface area contributed by atoms with Crippen LogP contribution in [0, 0.1) is 0 Å². The molecule has 0 amide bonds. The number of halogens is 1. The van der Waals surface area contributed by atoms with E-state index in [-0.39, 0.29) is 0 Å². The Labute approximate surface area is 112 Å². The second kappa shape index (κ2) is 6.50. The maximum atomic E-state index is 5.57. The zero-order chi connectivity index (χ0) is 12.1. The molecular formula is C13H20BrN3. The zero-order valence-corrected chi connectivity index (χ0v) is 11.7. The highest BCUT2D eigenvalue weighted by molar-refractivity contribution is 9.10. The van der Waals surface area contributed by atoms with Crippen molar-refractivity contribution in [2.75, 3.05) is 39.3 Å². The van der Waals surface area contributed by atoms with Gasteiger partial charge in [-0.3, -0.25) is 9.80 Å². The second-order valence-corrected chi connectivity index (χ2v) is 5.45. The molecule has 94 valence electrons. The molecule has 2 rings (SSSR count). The van der Waals surface area contributed by atoms with Crippen molar-refractivity contribution in [2.45, 2.75) is 6.54 Å². The lowest BCUT2D eigenvalue weighted by molar-refractivity contribution is 0.130. The summed E-state index contributed by atoms with van der Waals surface area (Å²) in [6, 6.07) is 8.60. The predicted octanol–water partition coefficient (Wildman–Crippen LogP) is 1.53. The number of piperazine rings is 1. The van der Waals surface area contributed by atoms with Crippen LogP contribution < -0.4 is 5.73 Å². The molecule has 1 fully saturated rings. The lowest BCUT2D eigenvalue weighted by atomic mass is 10.2. The zero-order valence-electron chi connectivity index (χ0n) is 10.1. The first-order valence-electron chi connectivity index (χ1n) is 6.17. The molecule has 0 saturated carbocycles. The Morgan fingerprint density at radius 1 is 1.00 bits per heavy atom. The van der Waals surface area contributed by atoms with Crippen LogP contribution in [-0.2, 0) is 6.54 Å². The summed E-state index contributed by atoms with van der Waals surface area (Å²) in [6.07, 6.45) is 0. The summed E-state index contributed by atoms with van der Waals surface area (Å²) in [5.74, 6) is 0. The van der Waals surface area contributed by atoms with Gasteiger partial charge >= 0.3 is 0 Å². The third kappa shape index (κ3) is 4.07.